The van der Waals surface area contributed by atoms with Crippen molar-refractivity contribution >= 4 is 11.6 Å². The van der Waals surface area contributed by atoms with Gasteiger partial charge in [0.05, 0.1) is 0 Å². The lowest BCUT2D eigenvalue weighted by molar-refractivity contribution is 0.0563. The summed E-state index contributed by atoms with van der Waals surface area (Å²) < 4.78 is 0. The second-order valence-corrected chi connectivity index (χ2v) is 8.88. The zero-order chi connectivity index (χ0) is 21.9. The van der Waals surface area contributed by atoms with Crippen LogP contribution in [0.1, 0.15) is 28.8 Å². The average Bonchev–Trinajstić information content (AvgIpc) is 3.39. The number of para-hydroxylation sites is 1. The quantitative estimate of drug-likeness (QED) is 0.685. The molecule has 2 aliphatic heterocycles. The predicted molar refractivity (Wildman–Crippen MR) is 128 cm³/mol. The van der Waals surface area contributed by atoms with Gasteiger partial charge >= 0.3 is 0 Å². The molecule has 0 aliphatic carbocycles. The van der Waals surface area contributed by atoms with Gasteiger partial charge in [0.2, 0.25) is 0 Å². The van der Waals surface area contributed by atoms with Gasteiger partial charge in [0.1, 0.15) is 5.82 Å². The van der Waals surface area contributed by atoms with Crippen LogP contribution < -0.4 is 4.90 Å². The zero-order valence-electron chi connectivity index (χ0n) is 18.7. The molecule has 2 fully saturated rings. The molecule has 3 heterocycles. The number of carbonyl (C=O) groups excluding carboxylic acids is 1. The number of rotatable bonds is 4. The van der Waals surface area contributed by atoms with Crippen LogP contribution in [0.25, 0.3) is 11.4 Å². The third-order valence-electron chi connectivity index (χ3n) is 6.85. The van der Waals surface area contributed by atoms with Crippen molar-refractivity contribution in [3.05, 3.63) is 72.1 Å². The van der Waals surface area contributed by atoms with Crippen molar-refractivity contribution in [2.45, 2.75) is 25.8 Å². The topological polar surface area (TPSA) is 55.5 Å². The molecule has 2 aromatic carbocycles. The van der Waals surface area contributed by atoms with E-state index in [2.05, 4.69) is 51.0 Å². The molecule has 32 heavy (non-hydrogen) atoms. The number of hydrogen-bond donors (Lipinski definition) is 1. The number of carbonyl (C=O) groups is 1. The van der Waals surface area contributed by atoms with E-state index in [1.54, 1.807) is 12.4 Å². The molecule has 6 heteroatoms. The molecule has 2 saturated heterocycles. The highest BCUT2D eigenvalue weighted by Crippen LogP contribution is 2.24. The molecule has 2 aliphatic rings. The predicted octanol–water partition coefficient (Wildman–Crippen LogP) is 3.81. The lowest BCUT2D eigenvalue weighted by Crippen LogP contribution is -2.56. The van der Waals surface area contributed by atoms with Crippen LogP contribution in [0.3, 0.4) is 0 Å². The summed E-state index contributed by atoms with van der Waals surface area (Å²) in [6.45, 7) is 8.02. The number of aromatic nitrogens is 2. The van der Waals surface area contributed by atoms with E-state index in [1.807, 2.05) is 29.2 Å². The maximum absolute atomic E-state index is 13.3. The molecule has 3 aromatic rings. The Kier molecular flexibility index (Phi) is 5.95. The highest BCUT2D eigenvalue weighted by atomic mass is 16.2. The van der Waals surface area contributed by atoms with Gasteiger partial charge in [0, 0.05) is 74.5 Å². The molecule has 0 spiro atoms. The van der Waals surface area contributed by atoms with Gasteiger partial charge in [0.25, 0.3) is 5.91 Å². The van der Waals surface area contributed by atoms with Crippen molar-refractivity contribution < 1.29 is 4.79 Å². The Morgan fingerprint density at radius 2 is 1.88 bits per heavy atom. The third kappa shape index (κ3) is 4.28. The Bertz CT molecular complexity index is 1060. The van der Waals surface area contributed by atoms with Gasteiger partial charge in [-0.25, -0.2) is 4.98 Å². The minimum atomic E-state index is 0.127. The molecule has 0 bridgehead atoms. The van der Waals surface area contributed by atoms with E-state index < -0.39 is 0 Å². The maximum atomic E-state index is 13.3. The molecule has 1 N–H and O–H groups in total. The fourth-order valence-corrected chi connectivity index (χ4v) is 5.09. The Morgan fingerprint density at radius 3 is 2.66 bits per heavy atom. The van der Waals surface area contributed by atoms with E-state index in [0.717, 1.165) is 62.6 Å². The second-order valence-electron chi connectivity index (χ2n) is 8.88. The number of aromatic amines is 1. The van der Waals surface area contributed by atoms with Crippen molar-refractivity contribution in [2.24, 2.45) is 0 Å². The minimum absolute atomic E-state index is 0.127. The first-order chi connectivity index (χ1) is 15.7. The van der Waals surface area contributed by atoms with Gasteiger partial charge in [-0.2, -0.15) is 0 Å². The van der Waals surface area contributed by atoms with E-state index in [9.17, 15) is 4.79 Å². The maximum Gasteiger partial charge on any atom is 0.253 e. The van der Waals surface area contributed by atoms with Crippen LogP contribution in [-0.2, 0) is 0 Å². The Labute approximate surface area is 189 Å². The van der Waals surface area contributed by atoms with Crippen LogP contribution in [0.4, 0.5) is 5.69 Å². The highest BCUT2D eigenvalue weighted by Gasteiger charge is 2.30. The first kappa shape index (κ1) is 20.8. The lowest BCUT2D eigenvalue weighted by atomic mass is 10.0. The minimum Gasteiger partial charge on any atom is -0.369 e. The zero-order valence-corrected chi connectivity index (χ0v) is 18.7. The first-order valence-electron chi connectivity index (χ1n) is 11.6. The number of amides is 1. The number of aryl methyl sites for hydroxylation is 1. The summed E-state index contributed by atoms with van der Waals surface area (Å²) in [5.74, 6) is 0.921. The van der Waals surface area contributed by atoms with E-state index in [0.29, 0.717) is 6.04 Å². The van der Waals surface area contributed by atoms with Crippen LogP contribution in [-0.4, -0.2) is 71.0 Å². The smallest absolute Gasteiger partial charge is 0.253 e. The number of hydrogen-bond acceptors (Lipinski definition) is 4. The Balaban J connectivity index is 1.22. The van der Waals surface area contributed by atoms with Gasteiger partial charge in [-0.15, -0.1) is 0 Å². The van der Waals surface area contributed by atoms with Gasteiger partial charge in [0.15, 0.2) is 0 Å². The SMILES string of the molecule is Cc1ccccc1N1CCN(C2CCCN(C(=O)c3cccc(-c4ncc[nH]4)c3)C2)CC1. The Morgan fingerprint density at radius 1 is 1.03 bits per heavy atom. The molecule has 6 nitrogen and oxygen atoms in total. The molecular formula is C26H31N5O. The number of nitrogens with one attached hydrogen (secondary N) is 1. The fraction of sp³-hybridized carbons (Fsp3) is 0.385. The summed E-state index contributed by atoms with van der Waals surface area (Å²) in [5.41, 5.74) is 4.38. The normalized spacial score (nSPS) is 19.8. The van der Waals surface area contributed by atoms with E-state index in [-0.39, 0.29) is 5.91 Å². The summed E-state index contributed by atoms with van der Waals surface area (Å²) in [6, 6.07) is 16.9. The number of piperazine rings is 1. The van der Waals surface area contributed by atoms with E-state index >= 15 is 0 Å². The van der Waals surface area contributed by atoms with Crippen molar-refractivity contribution in [1.29, 1.82) is 0 Å². The van der Waals surface area contributed by atoms with Gasteiger partial charge in [-0.05, 0) is 43.5 Å². The van der Waals surface area contributed by atoms with Gasteiger partial charge in [-0.1, -0.05) is 30.3 Å². The summed E-state index contributed by atoms with van der Waals surface area (Å²) >= 11 is 0. The van der Waals surface area contributed by atoms with E-state index in [1.165, 1.54) is 17.7 Å². The largest absolute Gasteiger partial charge is 0.369 e. The molecule has 1 aromatic heterocycles. The molecule has 5 rings (SSSR count). The molecule has 1 amide bonds. The first-order valence-corrected chi connectivity index (χ1v) is 11.6. The molecule has 166 valence electrons. The van der Waals surface area contributed by atoms with Crippen LogP contribution in [0.15, 0.2) is 60.9 Å². The number of H-pyrrole nitrogens is 1. The van der Waals surface area contributed by atoms with Crippen molar-refractivity contribution in [1.82, 2.24) is 19.8 Å². The van der Waals surface area contributed by atoms with Crippen LogP contribution in [0.5, 0.6) is 0 Å². The molecule has 1 atom stereocenters. The van der Waals surface area contributed by atoms with Crippen molar-refractivity contribution in [3.8, 4) is 11.4 Å². The Hall–Kier alpha value is -3.12. The number of benzene rings is 2. The van der Waals surface area contributed by atoms with Gasteiger partial charge < -0.3 is 14.8 Å². The number of piperidine rings is 1. The molecule has 1 unspecified atom stereocenters. The number of likely N-dealkylation sites (tertiary alicyclic amines) is 1. The summed E-state index contributed by atoms with van der Waals surface area (Å²) in [4.78, 5) is 27.9. The van der Waals surface area contributed by atoms with E-state index in [4.69, 9.17) is 0 Å². The highest BCUT2D eigenvalue weighted by molar-refractivity contribution is 5.95. The molecular weight excluding hydrogens is 398 g/mol. The number of anilines is 1. The lowest BCUT2D eigenvalue weighted by Gasteiger charge is -2.44. The summed E-state index contributed by atoms with van der Waals surface area (Å²) in [7, 11) is 0. The monoisotopic (exact) mass is 429 g/mol. The third-order valence-corrected chi connectivity index (χ3v) is 6.85. The molecule has 0 saturated carbocycles. The fourth-order valence-electron chi connectivity index (χ4n) is 5.09. The standard InChI is InChI=1S/C26H31N5O/c1-20-6-2-3-10-24(20)30-16-14-29(15-17-30)23-9-5-13-31(19-23)26(32)22-8-4-7-21(18-22)25-27-11-12-28-25/h2-4,6-8,10-12,18,23H,5,9,13-17,19H2,1H3,(H,27,28). The number of imidazole rings is 1. The van der Waals surface area contributed by atoms with Crippen molar-refractivity contribution in [3.63, 3.8) is 0 Å². The van der Waals surface area contributed by atoms with Crippen LogP contribution in [0.2, 0.25) is 0 Å². The van der Waals surface area contributed by atoms with Crippen molar-refractivity contribution in [2.75, 3.05) is 44.2 Å². The van der Waals surface area contributed by atoms with Gasteiger partial charge in [-0.3, -0.25) is 9.69 Å². The second kappa shape index (κ2) is 9.17. The van der Waals surface area contributed by atoms with Crippen LogP contribution in [0, 0.1) is 6.92 Å². The number of nitrogens with zero attached hydrogens (tertiary/aromatic N) is 4. The summed E-state index contributed by atoms with van der Waals surface area (Å²) in [6.07, 6.45) is 5.77. The summed E-state index contributed by atoms with van der Waals surface area (Å²) in [5, 5.41) is 0. The average molecular weight is 430 g/mol. The molecule has 0 radical (unpaired) electrons. The van der Waals surface area contributed by atoms with Crippen LogP contribution >= 0.6 is 0 Å².